The fourth-order valence-electron chi connectivity index (χ4n) is 1.26. The Morgan fingerprint density at radius 3 is 2.87 bits per heavy atom. The molecule has 78 valence electrons. The summed E-state index contributed by atoms with van der Waals surface area (Å²) in [6.07, 6.45) is 0. The van der Waals surface area contributed by atoms with Gasteiger partial charge >= 0.3 is 0 Å². The SMILES string of the molecule is Cc1ccc(-c2nc(CN)cs2)cc1Br. The van der Waals surface area contributed by atoms with E-state index in [-0.39, 0.29) is 0 Å². The number of nitrogens with zero attached hydrogens (tertiary/aromatic N) is 1. The fraction of sp³-hybridized carbons (Fsp3) is 0.182. The van der Waals surface area contributed by atoms with Gasteiger partial charge < -0.3 is 5.73 Å². The first kappa shape index (κ1) is 10.8. The van der Waals surface area contributed by atoms with Crippen molar-refractivity contribution in [3.63, 3.8) is 0 Å². The number of rotatable bonds is 2. The van der Waals surface area contributed by atoms with Crippen LogP contribution in [0.3, 0.4) is 0 Å². The molecule has 4 heteroatoms. The van der Waals surface area contributed by atoms with Crippen molar-refractivity contribution in [2.75, 3.05) is 0 Å². The number of hydrogen-bond acceptors (Lipinski definition) is 3. The average Bonchev–Trinajstić information content (AvgIpc) is 2.70. The second-order valence-corrected chi connectivity index (χ2v) is 5.02. The van der Waals surface area contributed by atoms with Gasteiger partial charge in [-0.3, -0.25) is 0 Å². The fourth-order valence-corrected chi connectivity index (χ4v) is 2.47. The van der Waals surface area contributed by atoms with E-state index < -0.39 is 0 Å². The van der Waals surface area contributed by atoms with Crippen LogP contribution in [0.4, 0.5) is 0 Å². The molecule has 0 atom stereocenters. The summed E-state index contributed by atoms with van der Waals surface area (Å²) in [5, 5.41) is 3.03. The molecule has 0 unspecified atom stereocenters. The Morgan fingerprint density at radius 1 is 1.47 bits per heavy atom. The van der Waals surface area contributed by atoms with Gasteiger partial charge in [-0.25, -0.2) is 4.98 Å². The summed E-state index contributed by atoms with van der Waals surface area (Å²) in [4.78, 5) is 4.44. The van der Waals surface area contributed by atoms with Gasteiger partial charge in [-0.1, -0.05) is 28.1 Å². The van der Waals surface area contributed by atoms with Crippen LogP contribution >= 0.6 is 27.3 Å². The summed E-state index contributed by atoms with van der Waals surface area (Å²) in [5.41, 5.74) is 8.85. The Kier molecular flexibility index (Phi) is 3.19. The molecule has 0 saturated carbocycles. The van der Waals surface area contributed by atoms with E-state index in [0.29, 0.717) is 6.54 Å². The molecule has 0 amide bonds. The van der Waals surface area contributed by atoms with Gasteiger partial charge in [0.25, 0.3) is 0 Å². The van der Waals surface area contributed by atoms with Gasteiger partial charge in [-0.05, 0) is 18.6 Å². The van der Waals surface area contributed by atoms with Crippen molar-refractivity contribution in [3.8, 4) is 10.6 Å². The predicted octanol–water partition coefficient (Wildman–Crippen LogP) is 3.34. The summed E-state index contributed by atoms with van der Waals surface area (Å²) in [5.74, 6) is 0. The molecule has 0 aliphatic carbocycles. The third-order valence-electron chi connectivity index (χ3n) is 2.18. The molecule has 0 radical (unpaired) electrons. The highest BCUT2D eigenvalue weighted by atomic mass is 79.9. The van der Waals surface area contributed by atoms with Gasteiger partial charge in [-0.15, -0.1) is 11.3 Å². The van der Waals surface area contributed by atoms with Crippen LogP contribution in [0.5, 0.6) is 0 Å². The molecule has 0 fully saturated rings. The molecule has 1 aromatic carbocycles. The Morgan fingerprint density at radius 2 is 2.27 bits per heavy atom. The highest BCUT2D eigenvalue weighted by Gasteiger charge is 2.05. The first-order valence-corrected chi connectivity index (χ1v) is 6.29. The lowest BCUT2D eigenvalue weighted by molar-refractivity contribution is 1.01. The summed E-state index contributed by atoms with van der Waals surface area (Å²) in [6.45, 7) is 2.57. The van der Waals surface area contributed by atoms with Crippen molar-refractivity contribution in [3.05, 3.63) is 39.3 Å². The summed E-state index contributed by atoms with van der Waals surface area (Å²) in [6, 6.07) is 6.26. The quantitative estimate of drug-likeness (QED) is 0.918. The van der Waals surface area contributed by atoms with Crippen LogP contribution in [-0.2, 0) is 6.54 Å². The van der Waals surface area contributed by atoms with Crippen LogP contribution in [0.2, 0.25) is 0 Å². The van der Waals surface area contributed by atoms with Crippen LogP contribution < -0.4 is 5.73 Å². The maximum atomic E-state index is 5.53. The molecule has 2 N–H and O–H groups in total. The first-order chi connectivity index (χ1) is 7.20. The molecule has 15 heavy (non-hydrogen) atoms. The average molecular weight is 283 g/mol. The maximum absolute atomic E-state index is 5.53. The van der Waals surface area contributed by atoms with Gasteiger partial charge in [0.05, 0.1) is 5.69 Å². The van der Waals surface area contributed by atoms with E-state index in [0.717, 1.165) is 20.7 Å². The molecule has 1 heterocycles. The number of nitrogens with two attached hydrogens (primary N) is 1. The lowest BCUT2D eigenvalue weighted by atomic mass is 10.2. The molecule has 0 bridgehead atoms. The molecule has 1 aromatic heterocycles. The molecule has 0 spiro atoms. The Hall–Kier alpha value is -0.710. The normalized spacial score (nSPS) is 10.6. The number of aromatic nitrogens is 1. The molecule has 0 aliphatic rings. The second kappa shape index (κ2) is 4.43. The van der Waals surface area contributed by atoms with E-state index in [1.54, 1.807) is 11.3 Å². The summed E-state index contributed by atoms with van der Waals surface area (Å²) in [7, 11) is 0. The van der Waals surface area contributed by atoms with Crippen molar-refractivity contribution >= 4 is 27.3 Å². The van der Waals surface area contributed by atoms with Gasteiger partial charge in [0.2, 0.25) is 0 Å². The second-order valence-electron chi connectivity index (χ2n) is 3.31. The van der Waals surface area contributed by atoms with E-state index in [4.69, 9.17) is 5.73 Å². The summed E-state index contributed by atoms with van der Waals surface area (Å²) >= 11 is 5.15. The molecule has 2 aromatic rings. The van der Waals surface area contributed by atoms with E-state index in [2.05, 4.69) is 46.0 Å². The minimum atomic E-state index is 0.504. The largest absolute Gasteiger partial charge is 0.325 e. The smallest absolute Gasteiger partial charge is 0.123 e. The highest BCUT2D eigenvalue weighted by Crippen LogP contribution is 2.27. The lowest BCUT2D eigenvalue weighted by Crippen LogP contribution is -1.95. The van der Waals surface area contributed by atoms with Gasteiger partial charge in [0.15, 0.2) is 0 Å². The van der Waals surface area contributed by atoms with Gasteiger partial charge in [0, 0.05) is 22.0 Å². The minimum absolute atomic E-state index is 0.504. The van der Waals surface area contributed by atoms with E-state index in [9.17, 15) is 0 Å². The number of aryl methyl sites for hydroxylation is 1. The van der Waals surface area contributed by atoms with Gasteiger partial charge in [0.1, 0.15) is 5.01 Å². The molecule has 2 rings (SSSR count). The van der Waals surface area contributed by atoms with Crippen LogP contribution in [0, 0.1) is 6.92 Å². The monoisotopic (exact) mass is 282 g/mol. The molecular weight excluding hydrogens is 272 g/mol. The number of benzene rings is 1. The zero-order valence-corrected chi connectivity index (χ0v) is 10.7. The van der Waals surface area contributed by atoms with Crippen LogP contribution in [0.25, 0.3) is 10.6 Å². The number of hydrogen-bond donors (Lipinski definition) is 1. The summed E-state index contributed by atoms with van der Waals surface area (Å²) < 4.78 is 1.12. The van der Waals surface area contributed by atoms with Crippen molar-refractivity contribution in [2.45, 2.75) is 13.5 Å². The van der Waals surface area contributed by atoms with Crippen molar-refractivity contribution < 1.29 is 0 Å². The predicted molar refractivity (Wildman–Crippen MR) is 67.9 cm³/mol. The van der Waals surface area contributed by atoms with Crippen LogP contribution in [0.1, 0.15) is 11.3 Å². The molecule has 0 aliphatic heterocycles. The lowest BCUT2D eigenvalue weighted by Gasteiger charge is -2.00. The molecule has 2 nitrogen and oxygen atoms in total. The van der Waals surface area contributed by atoms with Crippen molar-refractivity contribution in [2.24, 2.45) is 5.73 Å². The molecular formula is C11H11BrN2S. The number of halogens is 1. The third-order valence-corrected chi connectivity index (χ3v) is 3.97. The minimum Gasteiger partial charge on any atom is -0.325 e. The topological polar surface area (TPSA) is 38.9 Å². The van der Waals surface area contributed by atoms with E-state index >= 15 is 0 Å². The van der Waals surface area contributed by atoms with Crippen molar-refractivity contribution in [1.29, 1.82) is 0 Å². The highest BCUT2D eigenvalue weighted by molar-refractivity contribution is 9.10. The standard InChI is InChI=1S/C11H11BrN2S/c1-7-2-3-8(4-10(7)12)11-14-9(5-13)6-15-11/h2-4,6H,5,13H2,1H3. The van der Waals surface area contributed by atoms with E-state index in [1.165, 1.54) is 5.56 Å². The van der Waals surface area contributed by atoms with Gasteiger partial charge in [-0.2, -0.15) is 0 Å². The maximum Gasteiger partial charge on any atom is 0.123 e. The zero-order valence-electron chi connectivity index (χ0n) is 8.33. The Balaban J connectivity index is 2.40. The van der Waals surface area contributed by atoms with Crippen LogP contribution in [0.15, 0.2) is 28.1 Å². The first-order valence-electron chi connectivity index (χ1n) is 4.61. The Labute approximate surface area is 101 Å². The molecule has 0 saturated heterocycles. The van der Waals surface area contributed by atoms with Crippen LogP contribution in [-0.4, -0.2) is 4.98 Å². The number of thiazole rings is 1. The zero-order chi connectivity index (χ0) is 10.8. The van der Waals surface area contributed by atoms with E-state index in [1.807, 2.05) is 5.38 Å². The van der Waals surface area contributed by atoms with Crippen molar-refractivity contribution in [1.82, 2.24) is 4.98 Å². The Bertz CT molecular complexity index is 479. The third kappa shape index (κ3) is 2.27.